The third kappa shape index (κ3) is 3.10. The van der Waals surface area contributed by atoms with Gasteiger partial charge in [0.05, 0.1) is 32.5 Å². The van der Waals surface area contributed by atoms with Crippen molar-refractivity contribution in [2.45, 2.75) is 6.18 Å². The van der Waals surface area contributed by atoms with Crippen LogP contribution in [0.3, 0.4) is 0 Å². The van der Waals surface area contributed by atoms with Crippen molar-refractivity contribution in [3.8, 4) is 28.4 Å². The molecule has 0 amide bonds. The van der Waals surface area contributed by atoms with Crippen molar-refractivity contribution >= 4 is 0 Å². The van der Waals surface area contributed by atoms with E-state index in [4.69, 9.17) is 14.2 Å². The van der Waals surface area contributed by atoms with Gasteiger partial charge in [0.25, 0.3) is 0 Å². The molecule has 2 aromatic carbocycles. The fourth-order valence-electron chi connectivity index (χ4n) is 2.12. The number of methoxy groups -OCH3 is 3. The van der Waals surface area contributed by atoms with Crippen LogP contribution >= 0.6 is 0 Å². The molecule has 0 saturated carbocycles. The van der Waals surface area contributed by atoms with Gasteiger partial charge in [-0.1, -0.05) is 12.1 Å². The molecule has 0 N–H and O–H groups in total. The minimum atomic E-state index is -4.37. The first-order valence-electron chi connectivity index (χ1n) is 6.38. The summed E-state index contributed by atoms with van der Waals surface area (Å²) < 4.78 is 53.7. The van der Waals surface area contributed by atoms with Crippen LogP contribution in [0, 0.1) is 0 Å². The molecule has 0 aliphatic rings. The molecule has 0 spiro atoms. The van der Waals surface area contributed by atoms with Gasteiger partial charge in [0.2, 0.25) is 0 Å². The number of benzene rings is 2. The molecule has 118 valence electrons. The molecule has 0 unspecified atom stereocenters. The fourth-order valence-corrected chi connectivity index (χ4v) is 2.12. The summed E-state index contributed by atoms with van der Waals surface area (Å²) >= 11 is 0. The van der Waals surface area contributed by atoms with E-state index in [2.05, 4.69) is 0 Å². The molecule has 2 aromatic rings. The van der Waals surface area contributed by atoms with Crippen LogP contribution in [0.15, 0.2) is 36.4 Å². The normalized spacial score (nSPS) is 11.2. The highest BCUT2D eigenvalue weighted by Crippen LogP contribution is 2.42. The van der Waals surface area contributed by atoms with Gasteiger partial charge in [-0.05, 0) is 17.7 Å². The van der Waals surface area contributed by atoms with E-state index >= 15 is 0 Å². The van der Waals surface area contributed by atoms with Crippen LogP contribution in [0.25, 0.3) is 11.1 Å². The van der Waals surface area contributed by atoms with Crippen molar-refractivity contribution in [3.05, 3.63) is 42.0 Å². The number of hydrogen-bond donors (Lipinski definition) is 0. The molecule has 6 heteroatoms. The second-order valence-electron chi connectivity index (χ2n) is 4.48. The Balaban J connectivity index is 2.56. The van der Waals surface area contributed by atoms with Crippen LogP contribution in [0.5, 0.6) is 17.2 Å². The number of rotatable bonds is 4. The first-order valence-corrected chi connectivity index (χ1v) is 6.38. The standard InChI is InChI=1S/C16H15F3O3/c1-20-12-8-13(21-2)15(14(9-12)22-3)10-4-6-11(7-5-10)16(17,18)19/h4-9H,1-3H3. The van der Waals surface area contributed by atoms with E-state index < -0.39 is 11.7 Å². The lowest BCUT2D eigenvalue weighted by Gasteiger charge is -2.16. The molecular formula is C16H15F3O3. The number of halogens is 3. The third-order valence-corrected chi connectivity index (χ3v) is 3.22. The van der Waals surface area contributed by atoms with Crippen molar-refractivity contribution in [3.63, 3.8) is 0 Å². The van der Waals surface area contributed by atoms with Gasteiger partial charge < -0.3 is 14.2 Å². The highest BCUT2D eigenvalue weighted by molar-refractivity contribution is 5.78. The molecule has 0 aromatic heterocycles. The predicted molar refractivity (Wildman–Crippen MR) is 76.5 cm³/mol. The molecule has 0 aliphatic carbocycles. The molecule has 0 radical (unpaired) electrons. The van der Waals surface area contributed by atoms with Crippen LogP contribution in [-0.2, 0) is 6.18 Å². The summed E-state index contributed by atoms with van der Waals surface area (Å²) in [6, 6.07) is 8.12. The maximum Gasteiger partial charge on any atom is 0.416 e. The van der Waals surface area contributed by atoms with E-state index in [1.165, 1.54) is 33.5 Å². The average molecular weight is 312 g/mol. The van der Waals surface area contributed by atoms with E-state index in [0.29, 0.717) is 28.4 Å². The van der Waals surface area contributed by atoms with Gasteiger partial charge in [-0.2, -0.15) is 13.2 Å². The monoisotopic (exact) mass is 312 g/mol. The van der Waals surface area contributed by atoms with Crippen molar-refractivity contribution in [2.75, 3.05) is 21.3 Å². The van der Waals surface area contributed by atoms with Crippen molar-refractivity contribution in [2.24, 2.45) is 0 Å². The van der Waals surface area contributed by atoms with Gasteiger partial charge in [0.1, 0.15) is 17.2 Å². The minimum absolute atomic E-state index is 0.455. The Bertz CT molecular complexity index is 624. The summed E-state index contributed by atoms with van der Waals surface area (Å²) in [5.74, 6) is 1.44. The Labute approximate surface area is 126 Å². The van der Waals surface area contributed by atoms with Crippen molar-refractivity contribution in [1.29, 1.82) is 0 Å². The van der Waals surface area contributed by atoms with Gasteiger partial charge in [0.15, 0.2) is 0 Å². The summed E-state index contributed by atoms with van der Waals surface area (Å²) in [5, 5.41) is 0. The van der Waals surface area contributed by atoms with Gasteiger partial charge in [-0.3, -0.25) is 0 Å². The molecule has 3 nitrogen and oxygen atoms in total. The van der Waals surface area contributed by atoms with Gasteiger partial charge in [-0.25, -0.2) is 0 Å². The van der Waals surface area contributed by atoms with Crippen molar-refractivity contribution in [1.82, 2.24) is 0 Å². The van der Waals surface area contributed by atoms with Gasteiger partial charge >= 0.3 is 6.18 Å². The average Bonchev–Trinajstić information content (AvgIpc) is 2.52. The summed E-state index contributed by atoms with van der Waals surface area (Å²) in [7, 11) is 4.45. The van der Waals surface area contributed by atoms with Crippen LogP contribution < -0.4 is 14.2 Å². The molecule has 0 heterocycles. The SMILES string of the molecule is COc1cc(OC)c(-c2ccc(C(F)(F)F)cc2)c(OC)c1. The van der Waals surface area contributed by atoms with E-state index in [0.717, 1.165) is 12.1 Å². The molecule has 0 bridgehead atoms. The lowest BCUT2D eigenvalue weighted by atomic mass is 10.0. The molecule has 0 atom stereocenters. The highest BCUT2D eigenvalue weighted by Gasteiger charge is 2.30. The van der Waals surface area contributed by atoms with Crippen LogP contribution in [0.4, 0.5) is 13.2 Å². The summed E-state index contributed by atoms with van der Waals surface area (Å²) in [4.78, 5) is 0. The predicted octanol–water partition coefficient (Wildman–Crippen LogP) is 4.40. The van der Waals surface area contributed by atoms with Crippen LogP contribution in [0.2, 0.25) is 0 Å². The third-order valence-electron chi connectivity index (χ3n) is 3.22. The van der Waals surface area contributed by atoms with Gasteiger partial charge in [-0.15, -0.1) is 0 Å². The van der Waals surface area contributed by atoms with Crippen LogP contribution in [-0.4, -0.2) is 21.3 Å². The Morgan fingerprint density at radius 3 is 1.64 bits per heavy atom. The first-order chi connectivity index (χ1) is 10.4. The quantitative estimate of drug-likeness (QED) is 0.837. The Hall–Kier alpha value is -2.37. The topological polar surface area (TPSA) is 27.7 Å². The molecule has 0 fully saturated rings. The molecule has 22 heavy (non-hydrogen) atoms. The van der Waals surface area contributed by atoms with Crippen LogP contribution in [0.1, 0.15) is 5.56 Å². The molecule has 0 saturated heterocycles. The van der Waals surface area contributed by atoms with E-state index in [1.54, 1.807) is 12.1 Å². The number of hydrogen-bond acceptors (Lipinski definition) is 3. The minimum Gasteiger partial charge on any atom is -0.496 e. The largest absolute Gasteiger partial charge is 0.496 e. The fraction of sp³-hybridized carbons (Fsp3) is 0.250. The zero-order chi connectivity index (χ0) is 16.3. The molecule has 2 rings (SSSR count). The molecule has 0 aliphatic heterocycles. The zero-order valence-corrected chi connectivity index (χ0v) is 12.3. The maximum absolute atomic E-state index is 12.6. The lowest BCUT2D eigenvalue weighted by molar-refractivity contribution is -0.137. The molecular weight excluding hydrogens is 297 g/mol. The van der Waals surface area contributed by atoms with Crippen molar-refractivity contribution < 1.29 is 27.4 Å². The summed E-state index contributed by atoms with van der Waals surface area (Å²) in [6.07, 6.45) is -4.37. The lowest BCUT2D eigenvalue weighted by Crippen LogP contribution is -2.04. The second kappa shape index (κ2) is 6.17. The van der Waals surface area contributed by atoms with E-state index in [-0.39, 0.29) is 0 Å². The second-order valence-corrected chi connectivity index (χ2v) is 4.48. The summed E-state index contributed by atoms with van der Waals surface area (Å²) in [5.41, 5.74) is 0.423. The Morgan fingerprint density at radius 2 is 1.27 bits per heavy atom. The summed E-state index contributed by atoms with van der Waals surface area (Å²) in [6.45, 7) is 0. The maximum atomic E-state index is 12.6. The Morgan fingerprint density at radius 1 is 0.773 bits per heavy atom. The smallest absolute Gasteiger partial charge is 0.416 e. The Kier molecular flexibility index (Phi) is 4.49. The van der Waals surface area contributed by atoms with E-state index in [9.17, 15) is 13.2 Å². The highest BCUT2D eigenvalue weighted by atomic mass is 19.4. The van der Waals surface area contributed by atoms with Gasteiger partial charge in [0, 0.05) is 12.1 Å². The van der Waals surface area contributed by atoms with E-state index in [1.807, 2.05) is 0 Å². The number of ether oxygens (including phenoxy) is 3. The number of alkyl halides is 3. The first kappa shape index (κ1) is 16.0. The zero-order valence-electron chi connectivity index (χ0n) is 12.3.